The lowest BCUT2D eigenvalue weighted by Gasteiger charge is -2.24. The normalized spacial score (nSPS) is 21.5. The van der Waals surface area contributed by atoms with Crippen molar-refractivity contribution in [2.75, 3.05) is 6.54 Å². The molecule has 0 saturated carbocycles. The van der Waals surface area contributed by atoms with Crippen LogP contribution in [0.2, 0.25) is 0 Å². The Morgan fingerprint density at radius 3 is 2.59 bits per heavy atom. The highest BCUT2D eigenvalue weighted by atomic mass is 16.4. The molecule has 1 unspecified atom stereocenters. The van der Waals surface area contributed by atoms with Gasteiger partial charge in [0.15, 0.2) is 0 Å². The first kappa shape index (κ1) is 13.4. The molecule has 1 saturated heterocycles. The molecule has 0 spiro atoms. The Morgan fingerprint density at radius 2 is 2.12 bits per heavy atom. The van der Waals surface area contributed by atoms with E-state index in [2.05, 4.69) is 10.6 Å². The number of carboxylic acids is 1. The van der Waals surface area contributed by atoms with Crippen LogP contribution < -0.4 is 16.4 Å². The van der Waals surface area contributed by atoms with Gasteiger partial charge in [-0.3, -0.25) is 9.59 Å². The van der Waals surface area contributed by atoms with Crippen LogP contribution in [0.4, 0.5) is 0 Å². The number of carbonyl (C=O) groups excluding carboxylic acids is 2. The Bertz CT molecular complexity index is 313. The fourth-order valence-corrected chi connectivity index (χ4v) is 1.75. The lowest BCUT2D eigenvalue weighted by atomic mass is 10.0. The van der Waals surface area contributed by atoms with Crippen LogP contribution >= 0.6 is 0 Å². The molecule has 2 amide bonds. The standard InChI is InChI=1S/C10H17N3O4/c11-8(14)5-7(10(16)17)13-9(15)6-3-1-2-4-12-6/h6-7,12H,1-5H2,(H2,11,14)(H,13,15)(H,16,17)/t6?,7-/m0/s1. The number of piperidine rings is 1. The van der Waals surface area contributed by atoms with Crippen LogP contribution in [0.1, 0.15) is 25.7 Å². The lowest BCUT2D eigenvalue weighted by molar-refractivity contribution is -0.143. The highest BCUT2D eigenvalue weighted by molar-refractivity contribution is 5.90. The van der Waals surface area contributed by atoms with Crippen molar-refractivity contribution < 1.29 is 19.5 Å². The van der Waals surface area contributed by atoms with E-state index in [0.29, 0.717) is 6.42 Å². The van der Waals surface area contributed by atoms with Crippen LogP contribution in [0.5, 0.6) is 0 Å². The van der Waals surface area contributed by atoms with Crippen molar-refractivity contribution in [2.24, 2.45) is 5.73 Å². The minimum Gasteiger partial charge on any atom is -0.480 e. The second-order valence-corrected chi connectivity index (χ2v) is 4.07. The van der Waals surface area contributed by atoms with Crippen molar-refractivity contribution in [3.05, 3.63) is 0 Å². The number of hydrogen-bond acceptors (Lipinski definition) is 4. The van der Waals surface area contributed by atoms with Crippen LogP contribution in [0.15, 0.2) is 0 Å². The molecule has 1 aliphatic heterocycles. The smallest absolute Gasteiger partial charge is 0.326 e. The van der Waals surface area contributed by atoms with Crippen molar-refractivity contribution in [3.63, 3.8) is 0 Å². The van der Waals surface area contributed by atoms with E-state index in [1.165, 1.54) is 0 Å². The SMILES string of the molecule is NC(=O)C[C@H](NC(=O)C1CCCCN1)C(=O)O. The van der Waals surface area contributed by atoms with Crippen LogP contribution in [0, 0.1) is 0 Å². The summed E-state index contributed by atoms with van der Waals surface area (Å²) in [6.07, 6.45) is 2.22. The zero-order chi connectivity index (χ0) is 12.8. The number of primary amides is 1. The molecule has 5 N–H and O–H groups in total. The minimum absolute atomic E-state index is 0.376. The van der Waals surface area contributed by atoms with E-state index in [1.807, 2.05) is 0 Å². The third-order valence-electron chi connectivity index (χ3n) is 2.65. The molecule has 0 radical (unpaired) electrons. The monoisotopic (exact) mass is 243 g/mol. The minimum atomic E-state index is -1.26. The largest absolute Gasteiger partial charge is 0.480 e. The van der Waals surface area contributed by atoms with Gasteiger partial charge >= 0.3 is 5.97 Å². The number of carbonyl (C=O) groups is 3. The molecular formula is C10H17N3O4. The van der Waals surface area contributed by atoms with Crippen LogP contribution in [0.3, 0.4) is 0 Å². The van der Waals surface area contributed by atoms with Gasteiger partial charge in [-0.25, -0.2) is 4.79 Å². The molecule has 0 aromatic rings. The van der Waals surface area contributed by atoms with E-state index in [1.54, 1.807) is 0 Å². The fraction of sp³-hybridized carbons (Fsp3) is 0.700. The fourth-order valence-electron chi connectivity index (χ4n) is 1.75. The molecule has 1 fully saturated rings. The van der Waals surface area contributed by atoms with Crippen molar-refractivity contribution in [2.45, 2.75) is 37.8 Å². The average Bonchev–Trinajstić information content (AvgIpc) is 2.28. The first-order valence-electron chi connectivity index (χ1n) is 5.55. The molecule has 7 heteroatoms. The average molecular weight is 243 g/mol. The third kappa shape index (κ3) is 4.39. The van der Waals surface area contributed by atoms with Crippen LogP contribution in [-0.2, 0) is 14.4 Å². The van der Waals surface area contributed by atoms with E-state index in [-0.39, 0.29) is 6.04 Å². The van der Waals surface area contributed by atoms with Gasteiger partial charge in [0.1, 0.15) is 6.04 Å². The summed E-state index contributed by atoms with van der Waals surface area (Å²) in [6, 6.07) is -1.62. The van der Waals surface area contributed by atoms with E-state index in [4.69, 9.17) is 10.8 Å². The van der Waals surface area contributed by atoms with Gasteiger partial charge in [-0.15, -0.1) is 0 Å². The Balaban J connectivity index is 2.50. The molecule has 0 aliphatic carbocycles. The molecule has 1 rings (SSSR count). The maximum Gasteiger partial charge on any atom is 0.326 e. The topological polar surface area (TPSA) is 122 Å². The summed E-state index contributed by atoms with van der Waals surface area (Å²) in [7, 11) is 0. The molecule has 0 bridgehead atoms. The molecule has 17 heavy (non-hydrogen) atoms. The molecule has 96 valence electrons. The molecule has 1 heterocycles. The molecule has 7 nitrogen and oxygen atoms in total. The summed E-state index contributed by atoms with van der Waals surface area (Å²) in [4.78, 5) is 33.2. The van der Waals surface area contributed by atoms with Crippen LogP contribution in [-0.4, -0.2) is 41.5 Å². The second-order valence-electron chi connectivity index (χ2n) is 4.07. The van der Waals surface area contributed by atoms with Gasteiger partial charge in [-0.2, -0.15) is 0 Å². The second kappa shape index (κ2) is 6.19. The molecule has 2 atom stereocenters. The number of nitrogens with two attached hydrogens (primary N) is 1. The Morgan fingerprint density at radius 1 is 1.41 bits per heavy atom. The van der Waals surface area contributed by atoms with Gasteiger partial charge in [0.2, 0.25) is 11.8 Å². The summed E-state index contributed by atoms with van der Waals surface area (Å²) in [6.45, 7) is 0.742. The van der Waals surface area contributed by atoms with E-state index >= 15 is 0 Å². The maximum atomic E-state index is 11.7. The van der Waals surface area contributed by atoms with Gasteiger partial charge in [-0.1, -0.05) is 6.42 Å². The number of aliphatic carboxylic acids is 1. The van der Waals surface area contributed by atoms with Crippen molar-refractivity contribution in [1.82, 2.24) is 10.6 Å². The van der Waals surface area contributed by atoms with E-state index in [9.17, 15) is 14.4 Å². The summed E-state index contributed by atoms with van der Waals surface area (Å²) in [5.41, 5.74) is 4.92. The highest BCUT2D eigenvalue weighted by Gasteiger charge is 2.27. The van der Waals surface area contributed by atoms with Gasteiger partial charge in [0, 0.05) is 0 Å². The zero-order valence-electron chi connectivity index (χ0n) is 9.44. The van der Waals surface area contributed by atoms with Gasteiger partial charge in [0.25, 0.3) is 0 Å². The first-order chi connectivity index (χ1) is 8.00. The summed E-state index contributed by atoms with van der Waals surface area (Å²) in [5, 5.41) is 14.1. The molecule has 0 aromatic carbocycles. The first-order valence-corrected chi connectivity index (χ1v) is 5.55. The third-order valence-corrected chi connectivity index (χ3v) is 2.65. The van der Waals surface area contributed by atoms with Crippen LogP contribution in [0.25, 0.3) is 0 Å². The van der Waals surface area contributed by atoms with Gasteiger partial charge in [-0.05, 0) is 19.4 Å². The number of hydrogen-bond donors (Lipinski definition) is 4. The summed E-state index contributed by atoms with van der Waals surface area (Å²) in [5.74, 6) is -2.40. The van der Waals surface area contributed by atoms with Gasteiger partial charge in [0.05, 0.1) is 12.5 Å². The zero-order valence-corrected chi connectivity index (χ0v) is 9.44. The Labute approximate surface area is 98.7 Å². The molecule has 0 aromatic heterocycles. The van der Waals surface area contributed by atoms with Crippen molar-refractivity contribution in [3.8, 4) is 0 Å². The quantitative estimate of drug-likeness (QED) is 0.472. The van der Waals surface area contributed by atoms with Crippen molar-refractivity contribution >= 4 is 17.8 Å². The van der Waals surface area contributed by atoms with Gasteiger partial charge < -0.3 is 21.5 Å². The Hall–Kier alpha value is -1.63. The predicted molar refractivity (Wildman–Crippen MR) is 59.0 cm³/mol. The molecular weight excluding hydrogens is 226 g/mol. The van der Waals surface area contributed by atoms with E-state index < -0.39 is 30.2 Å². The summed E-state index contributed by atoms with van der Waals surface area (Å²) >= 11 is 0. The van der Waals surface area contributed by atoms with E-state index in [0.717, 1.165) is 19.4 Å². The molecule has 1 aliphatic rings. The number of rotatable bonds is 5. The number of nitrogens with one attached hydrogen (secondary N) is 2. The number of amides is 2. The maximum absolute atomic E-state index is 11.7. The Kier molecular flexibility index (Phi) is 4.89. The number of carboxylic acid groups (broad SMARTS) is 1. The van der Waals surface area contributed by atoms with Crippen molar-refractivity contribution in [1.29, 1.82) is 0 Å². The predicted octanol–water partition coefficient (Wildman–Crippen LogP) is -1.43. The summed E-state index contributed by atoms with van der Waals surface area (Å²) < 4.78 is 0. The highest BCUT2D eigenvalue weighted by Crippen LogP contribution is 2.07. The lowest BCUT2D eigenvalue weighted by Crippen LogP contribution is -2.52.